The van der Waals surface area contributed by atoms with Crippen LogP contribution < -0.4 is 9.64 Å². The molecule has 0 bridgehead atoms. The first kappa shape index (κ1) is 13.7. The molecule has 4 nitrogen and oxygen atoms in total. The average Bonchev–Trinajstić information content (AvgIpc) is 2.42. The lowest BCUT2D eigenvalue weighted by Gasteiger charge is -2.20. The molecule has 0 aromatic carbocycles. The van der Waals surface area contributed by atoms with Crippen LogP contribution in [0.15, 0.2) is 42.3 Å². The van der Waals surface area contributed by atoms with Crippen molar-refractivity contribution in [3.63, 3.8) is 0 Å². The predicted octanol–water partition coefficient (Wildman–Crippen LogP) is 2.10. The van der Waals surface area contributed by atoms with E-state index in [1.807, 2.05) is 42.3 Å². The summed E-state index contributed by atoms with van der Waals surface area (Å²) >= 11 is 5.09. The zero-order chi connectivity index (χ0) is 13.7. The largest absolute Gasteiger partial charge is 0.437 e. The summed E-state index contributed by atoms with van der Waals surface area (Å²) in [6, 6.07) is 3.76. The maximum Gasteiger partial charge on any atom is 0.243 e. The van der Waals surface area contributed by atoms with Crippen LogP contribution in [0.25, 0.3) is 0 Å². The van der Waals surface area contributed by atoms with E-state index >= 15 is 0 Å². The Kier molecular flexibility index (Phi) is 4.65. The van der Waals surface area contributed by atoms with Gasteiger partial charge in [-0.15, -0.1) is 0 Å². The van der Waals surface area contributed by atoms with Crippen molar-refractivity contribution in [1.29, 1.82) is 0 Å². The number of aliphatic hydroxyl groups is 1. The van der Waals surface area contributed by atoms with Gasteiger partial charge in [0.1, 0.15) is 11.4 Å². The summed E-state index contributed by atoms with van der Waals surface area (Å²) in [5.74, 6) is 1.27. The van der Waals surface area contributed by atoms with Gasteiger partial charge in [0.15, 0.2) is 0 Å². The molecule has 0 saturated heterocycles. The van der Waals surface area contributed by atoms with Gasteiger partial charge >= 0.3 is 0 Å². The lowest BCUT2D eigenvalue weighted by molar-refractivity contribution is 0.303. The highest BCUT2D eigenvalue weighted by Gasteiger charge is 2.11. The minimum atomic E-state index is 0.0850. The standard InChI is InChI=1S/C14H16N2O2S/c1-16(9-10-17)13-3-2-8-15-14(13)18-11-4-6-12(19)7-5-11/h2-6,8,17H,7,9-10H2,1H3. The van der Waals surface area contributed by atoms with Crippen molar-refractivity contribution in [2.75, 3.05) is 25.1 Å². The maximum atomic E-state index is 9.00. The first-order chi connectivity index (χ1) is 9.20. The van der Waals surface area contributed by atoms with E-state index in [4.69, 9.17) is 22.1 Å². The fourth-order valence-corrected chi connectivity index (χ4v) is 1.87. The van der Waals surface area contributed by atoms with Gasteiger partial charge in [-0.05, 0) is 30.4 Å². The molecular weight excluding hydrogens is 260 g/mol. The van der Waals surface area contributed by atoms with Crippen molar-refractivity contribution in [1.82, 2.24) is 4.98 Å². The van der Waals surface area contributed by atoms with Gasteiger partial charge in [-0.25, -0.2) is 4.98 Å². The molecule has 1 N–H and O–H groups in total. The number of pyridine rings is 1. The Morgan fingerprint density at radius 2 is 2.32 bits per heavy atom. The SMILES string of the molecule is CN(CCO)c1cccnc1OC1=CCC(=S)C=C1. The molecule has 19 heavy (non-hydrogen) atoms. The molecule has 2 rings (SSSR count). The number of rotatable bonds is 5. The maximum absolute atomic E-state index is 9.00. The highest BCUT2D eigenvalue weighted by Crippen LogP contribution is 2.26. The quantitative estimate of drug-likeness (QED) is 0.835. The summed E-state index contributed by atoms with van der Waals surface area (Å²) in [6.45, 7) is 0.614. The third-order valence-electron chi connectivity index (χ3n) is 2.75. The van der Waals surface area contributed by atoms with Crippen LogP contribution in [-0.4, -0.2) is 35.2 Å². The molecule has 0 amide bonds. The number of nitrogens with zero attached hydrogens (tertiary/aromatic N) is 2. The fourth-order valence-electron chi connectivity index (χ4n) is 1.72. The van der Waals surface area contributed by atoms with Gasteiger partial charge in [-0.2, -0.15) is 0 Å². The highest BCUT2D eigenvalue weighted by atomic mass is 32.1. The van der Waals surface area contributed by atoms with Crippen molar-refractivity contribution in [2.45, 2.75) is 6.42 Å². The molecule has 1 aliphatic carbocycles. The van der Waals surface area contributed by atoms with Crippen molar-refractivity contribution in [3.05, 3.63) is 42.3 Å². The first-order valence-electron chi connectivity index (χ1n) is 6.06. The molecular formula is C14H16N2O2S. The van der Waals surface area contributed by atoms with Crippen LogP contribution in [0.1, 0.15) is 6.42 Å². The monoisotopic (exact) mass is 276 g/mol. The van der Waals surface area contributed by atoms with Gasteiger partial charge in [0.2, 0.25) is 5.88 Å². The Morgan fingerprint density at radius 3 is 3.00 bits per heavy atom. The Morgan fingerprint density at radius 1 is 1.47 bits per heavy atom. The molecule has 0 radical (unpaired) electrons. The van der Waals surface area contributed by atoms with Gasteiger partial charge in [0.25, 0.3) is 0 Å². The van der Waals surface area contributed by atoms with Gasteiger partial charge in [-0.1, -0.05) is 12.2 Å². The molecule has 100 valence electrons. The van der Waals surface area contributed by atoms with Crippen LogP contribution in [-0.2, 0) is 0 Å². The second kappa shape index (κ2) is 6.45. The third kappa shape index (κ3) is 3.62. The zero-order valence-corrected chi connectivity index (χ0v) is 11.6. The second-order valence-corrected chi connectivity index (χ2v) is 4.71. The number of anilines is 1. The van der Waals surface area contributed by atoms with Crippen LogP contribution in [0.5, 0.6) is 5.88 Å². The normalized spacial score (nSPS) is 14.2. The summed E-state index contributed by atoms with van der Waals surface area (Å²) in [5.41, 5.74) is 0.846. The Bertz CT molecular complexity index is 526. The minimum Gasteiger partial charge on any atom is -0.437 e. The molecule has 0 saturated carbocycles. The summed E-state index contributed by atoms with van der Waals surface area (Å²) in [7, 11) is 1.89. The molecule has 0 spiro atoms. The zero-order valence-electron chi connectivity index (χ0n) is 10.7. The molecule has 1 heterocycles. The number of hydrogen-bond acceptors (Lipinski definition) is 5. The number of ether oxygens (including phenoxy) is 1. The Balaban J connectivity index is 2.16. The smallest absolute Gasteiger partial charge is 0.243 e. The third-order valence-corrected chi connectivity index (χ3v) is 3.05. The lowest BCUT2D eigenvalue weighted by Crippen LogP contribution is -2.22. The molecule has 0 unspecified atom stereocenters. The van der Waals surface area contributed by atoms with E-state index in [1.165, 1.54) is 0 Å². The van der Waals surface area contributed by atoms with Crippen LogP contribution in [0.4, 0.5) is 5.69 Å². The van der Waals surface area contributed by atoms with Crippen LogP contribution in [0, 0.1) is 0 Å². The number of hydrogen-bond donors (Lipinski definition) is 1. The van der Waals surface area contributed by atoms with Crippen molar-refractivity contribution in [3.8, 4) is 5.88 Å². The summed E-state index contributed by atoms with van der Waals surface area (Å²) < 4.78 is 5.78. The van der Waals surface area contributed by atoms with E-state index in [9.17, 15) is 0 Å². The van der Waals surface area contributed by atoms with Crippen molar-refractivity contribution >= 4 is 22.8 Å². The number of thiocarbonyl (C=S) groups is 1. The number of aromatic nitrogens is 1. The molecule has 1 aromatic heterocycles. The molecule has 1 aromatic rings. The van der Waals surface area contributed by atoms with E-state index in [0.29, 0.717) is 12.4 Å². The summed E-state index contributed by atoms with van der Waals surface area (Å²) in [6.07, 6.45) is 8.05. The van der Waals surface area contributed by atoms with Gasteiger partial charge in [0.05, 0.1) is 6.61 Å². The number of likely N-dealkylation sites (N-methyl/N-ethyl adjacent to an activating group) is 1. The van der Waals surface area contributed by atoms with Crippen molar-refractivity contribution in [2.24, 2.45) is 0 Å². The first-order valence-corrected chi connectivity index (χ1v) is 6.47. The van der Waals surface area contributed by atoms with Gasteiger partial charge in [0, 0.05) is 31.1 Å². The van der Waals surface area contributed by atoms with Crippen molar-refractivity contribution < 1.29 is 9.84 Å². The Labute approximate surface area is 118 Å². The minimum absolute atomic E-state index is 0.0850. The Hall–Kier alpha value is -1.72. The van der Waals surface area contributed by atoms with E-state index < -0.39 is 0 Å². The van der Waals surface area contributed by atoms with Gasteiger partial charge < -0.3 is 14.7 Å². The fraction of sp³-hybridized carbons (Fsp3) is 0.286. The van der Waals surface area contributed by atoms with Crippen LogP contribution in [0.2, 0.25) is 0 Å². The predicted molar refractivity (Wildman–Crippen MR) is 79.7 cm³/mol. The van der Waals surface area contributed by atoms with E-state index in [1.54, 1.807) is 6.20 Å². The highest BCUT2D eigenvalue weighted by molar-refractivity contribution is 7.80. The summed E-state index contributed by atoms with van der Waals surface area (Å²) in [4.78, 5) is 7.04. The average molecular weight is 276 g/mol. The molecule has 0 aliphatic heterocycles. The molecule has 0 atom stereocenters. The molecule has 5 heteroatoms. The lowest BCUT2D eigenvalue weighted by atomic mass is 10.2. The van der Waals surface area contributed by atoms with E-state index in [2.05, 4.69) is 4.98 Å². The summed E-state index contributed by atoms with van der Waals surface area (Å²) in [5, 5.41) is 9.00. The van der Waals surface area contributed by atoms with Crippen LogP contribution >= 0.6 is 12.2 Å². The van der Waals surface area contributed by atoms with E-state index in [0.717, 1.165) is 22.7 Å². The molecule has 1 aliphatic rings. The second-order valence-electron chi connectivity index (χ2n) is 4.19. The molecule has 0 fully saturated rings. The van der Waals surface area contributed by atoms with Gasteiger partial charge in [-0.3, -0.25) is 0 Å². The van der Waals surface area contributed by atoms with E-state index in [-0.39, 0.29) is 6.61 Å². The van der Waals surface area contributed by atoms with Crippen LogP contribution in [0.3, 0.4) is 0 Å². The topological polar surface area (TPSA) is 45.6 Å². The number of aliphatic hydroxyl groups excluding tert-OH is 1. The number of allylic oxidation sites excluding steroid dienone is 3.